The lowest BCUT2D eigenvalue weighted by Crippen LogP contribution is -2.30. The van der Waals surface area contributed by atoms with Crippen LogP contribution >= 0.6 is 27.7 Å². The van der Waals surface area contributed by atoms with Crippen LogP contribution in [0, 0.1) is 5.92 Å². The summed E-state index contributed by atoms with van der Waals surface area (Å²) in [6.07, 6.45) is 0.919. The van der Waals surface area contributed by atoms with Crippen molar-refractivity contribution in [3.63, 3.8) is 0 Å². The van der Waals surface area contributed by atoms with Gasteiger partial charge < -0.3 is 5.32 Å². The van der Waals surface area contributed by atoms with E-state index in [4.69, 9.17) is 0 Å². The standard InChI is InChI=1S/C12H14BrNOS/c1-7(2)6-10-12(15)14-11-8(13)4-3-5-9(11)16-10/h3-5,7,10H,6H2,1-2H3,(H,14,15). The third-order valence-electron chi connectivity index (χ3n) is 2.47. The Balaban J connectivity index is 2.25. The summed E-state index contributed by atoms with van der Waals surface area (Å²) in [5.74, 6) is 0.662. The smallest absolute Gasteiger partial charge is 0.237 e. The number of nitrogens with one attached hydrogen (secondary N) is 1. The number of thioether (sulfide) groups is 1. The summed E-state index contributed by atoms with van der Waals surface area (Å²) in [4.78, 5) is 13.0. The van der Waals surface area contributed by atoms with Gasteiger partial charge in [-0.15, -0.1) is 11.8 Å². The molecule has 2 nitrogen and oxygen atoms in total. The molecule has 1 heterocycles. The molecule has 1 aliphatic rings. The van der Waals surface area contributed by atoms with Crippen molar-refractivity contribution in [2.45, 2.75) is 30.4 Å². The number of amides is 1. The van der Waals surface area contributed by atoms with Crippen LogP contribution in [0.2, 0.25) is 0 Å². The highest BCUT2D eigenvalue weighted by Crippen LogP contribution is 2.41. The molecule has 0 saturated carbocycles. The second-order valence-corrected chi connectivity index (χ2v) is 6.44. The normalized spacial score (nSPS) is 19.5. The zero-order valence-electron chi connectivity index (χ0n) is 9.29. The minimum absolute atomic E-state index is 0.0433. The number of rotatable bonds is 2. The van der Waals surface area contributed by atoms with Crippen molar-refractivity contribution in [3.05, 3.63) is 22.7 Å². The molecular formula is C12H14BrNOS. The van der Waals surface area contributed by atoms with E-state index in [1.807, 2.05) is 12.1 Å². The van der Waals surface area contributed by atoms with Gasteiger partial charge in [0.05, 0.1) is 10.9 Å². The van der Waals surface area contributed by atoms with Gasteiger partial charge in [-0.2, -0.15) is 0 Å². The summed E-state index contributed by atoms with van der Waals surface area (Å²) < 4.78 is 0.953. The summed E-state index contributed by atoms with van der Waals surface area (Å²) in [6, 6.07) is 6.00. The third kappa shape index (κ3) is 2.43. The molecule has 86 valence electrons. The number of anilines is 1. The molecule has 2 rings (SSSR count). The molecule has 1 aromatic rings. The topological polar surface area (TPSA) is 29.1 Å². The third-order valence-corrected chi connectivity index (χ3v) is 4.42. The minimum atomic E-state index is 0.0433. The molecule has 1 N–H and O–H groups in total. The number of hydrogen-bond acceptors (Lipinski definition) is 2. The molecule has 1 atom stereocenters. The van der Waals surface area contributed by atoms with Crippen molar-refractivity contribution in [1.29, 1.82) is 0 Å². The molecule has 0 radical (unpaired) electrons. The van der Waals surface area contributed by atoms with Gasteiger partial charge in [-0.25, -0.2) is 0 Å². The van der Waals surface area contributed by atoms with E-state index in [2.05, 4.69) is 41.2 Å². The van der Waals surface area contributed by atoms with Gasteiger partial charge in [0.25, 0.3) is 0 Å². The molecule has 16 heavy (non-hydrogen) atoms. The number of hydrogen-bond donors (Lipinski definition) is 1. The fourth-order valence-corrected chi connectivity index (χ4v) is 3.70. The summed E-state index contributed by atoms with van der Waals surface area (Å²) >= 11 is 5.12. The average Bonchev–Trinajstić information content (AvgIpc) is 2.20. The van der Waals surface area contributed by atoms with Crippen molar-refractivity contribution in [1.82, 2.24) is 0 Å². The van der Waals surface area contributed by atoms with Gasteiger partial charge in [0, 0.05) is 9.37 Å². The van der Waals surface area contributed by atoms with E-state index in [-0.39, 0.29) is 11.2 Å². The molecule has 0 aromatic heterocycles. The maximum atomic E-state index is 11.9. The Hall–Kier alpha value is -0.480. The molecular weight excluding hydrogens is 286 g/mol. The molecule has 1 amide bonds. The quantitative estimate of drug-likeness (QED) is 0.897. The average molecular weight is 300 g/mol. The highest BCUT2D eigenvalue weighted by molar-refractivity contribution is 9.10. The number of carbonyl (C=O) groups excluding carboxylic acids is 1. The maximum absolute atomic E-state index is 11.9. The highest BCUT2D eigenvalue weighted by Gasteiger charge is 2.28. The Morgan fingerprint density at radius 1 is 1.50 bits per heavy atom. The predicted molar refractivity (Wildman–Crippen MR) is 71.9 cm³/mol. The summed E-state index contributed by atoms with van der Waals surface area (Å²) in [7, 11) is 0. The second kappa shape index (κ2) is 4.80. The Morgan fingerprint density at radius 2 is 2.25 bits per heavy atom. The van der Waals surface area contributed by atoms with Gasteiger partial charge in [-0.3, -0.25) is 4.79 Å². The first-order valence-electron chi connectivity index (χ1n) is 5.34. The number of benzene rings is 1. The molecule has 1 unspecified atom stereocenters. The van der Waals surface area contributed by atoms with Crippen LogP contribution < -0.4 is 5.32 Å². The number of fused-ring (bicyclic) bond motifs is 1. The fourth-order valence-electron chi connectivity index (χ4n) is 1.72. The first-order chi connectivity index (χ1) is 7.58. The molecule has 0 spiro atoms. The number of halogens is 1. The van der Waals surface area contributed by atoms with E-state index in [9.17, 15) is 4.79 Å². The Labute approximate surface area is 108 Å². The van der Waals surface area contributed by atoms with Gasteiger partial charge >= 0.3 is 0 Å². The van der Waals surface area contributed by atoms with Crippen LogP contribution in [0.15, 0.2) is 27.6 Å². The lowest BCUT2D eigenvalue weighted by atomic mass is 10.1. The van der Waals surface area contributed by atoms with Crippen LogP contribution in [-0.4, -0.2) is 11.2 Å². The lowest BCUT2D eigenvalue weighted by molar-refractivity contribution is -0.116. The monoisotopic (exact) mass is 299 g/mol. The van der Waals surface area contributed by atoms with Crippen LogP contribution in [0.25, 0.3) is 0 Å². The zero-order valence-corrected chi connectivity index (χ0v) is 11.7. The van der Waals surface area contributed by atoms with E-state index in [1.54, 1.807) is 11.8 Å². The van der Waals surface area contributed by atoms with E-state index in [0.29, 0.717) is 5.92 Å². The minimum Gasteiger partial charge on any atom is -0.323 e. The Morgan fingerprint density at radius 3 is 2.94 bits per heavy atom. The fraction of sp³-hybridized carbons (Fsp3) is 0.417. The zero-order chi connectivity index (χ0) is 11.7. The Bertz CT molecular complexity index is 419. The van der Waals surface area contributed by atoms with E-state index in [1.165, 1.54) is 0 Å². The largest absolute Gasteiger partial charge is 0.323 e. The lowest BCUT2D eigenvalue weighted by Gasteiger charge is -2.25. The molecule has 1 aromatic carbocycles. The first-order valence-corrected chi connectivity index (χ1v) is 7.01. The van der Waals surface area contributed by atoms with Gasteiger partial charge in [0.1, 0.15) is 0 Å². The van der Waals surface area contributed by atoms with Crippen LogP contribution in [-0.2, 0) is 4.79 Å². The van der Waals surface area contributed by atoms with Crippen LogP contribution in [0.4, 0.5) is 5.69 Å². The molecule has 0 fully saturated rings. The van der Waals surface area contributed by atoms with Crippen LogP contribution in [0.5, 0.6) is 0 Å². The van der Waals surface area contributed by atoms with Gasteiger partial charge in [-0.1, -0.05) is 19.9 Å². The molecule has 0 bridgehead atoms. The Kier molecular flexibility index (Phi) is 3.60. The molecule has 0 aliphatic carbocycles. The summed E-state index contributed by atoms with van der Waals surface area (Å²) in [5.41, 5.74) is 0.914. The van der Waals surface area contributed by atoms with Gasteiger partial charge in [0.15, 0.2) is 0 Å². The molecule has 0 saturated heterocycles. The van der Waals surface area contributed by atoms with E-state index >= 15 is 0 Å². The van der Waals surface area contributed by atoms with Gasteiger partial charge in [-0.05, 0) is 40.4 Å². The van der Waals surface area contributed by atoms with Gasteiger partial charge in [0.2, 0.25) is 5.91 Å². The summed E-state index contributed by atoms with van der Waals surface area (Å²) in [5, 5.41) is 3.02. The van der Waals surface area contributed by atoms with Crippen LogP contribution in [0.1, 0.15) is 20.3 Å². The van der Waals surface area contributed by atoms with Crippen molar-refractivity contribution in [3.8, 4) is 0 Å². The number of carbonyl (C=O) groups is 1. The van der Waals surface area contributed by atoms with Crippen molar-refractivity contribution in [2.24, 2.45) is 5.92 Å². The molecule has 4 heteroatoms. The van der Waals surface area contributed by atoms with Crippen molar-refractivity contribution in [2.75, 3.05) is 5.32 Å². The van der Waals surface area contributed by atoms with Crippen molar-refractivity contribution >= 4 is 39.3 Å². The first kappa shape index (κ1) is 12.0. The van der Waals surface area contributed by atoms with Crippen LogP contribution in [0.3, 0.4) is 0 Å². The SMILES string of the molecule is CC(C)CC1Sc2cccc(Br)c2NC1=O. The summed E-state index contributed by atoms with van der Waals surface area (Å²) in [6.45, 7) is 4.29. The number of para-hydroxylation sites is 1. The second-order valence-electron chi connectivity index (χ2n) is 4.34. The maximum Gasteiger partial charge on any atom is 0.237 e. The van der Waals surface area contributed by atoms with Crippen molar-refractivity contribution < 1.29 is 4.79 Å². The van der Waals surface area contributed by atoms with E-state index in [0.717, 1.165) is 21.5 Å². The predicted octanol–water partition coefficient (Wildman–Crippen LogP) is 3.91. The van der Waals surface area contributed by atoms with E-state index < -0.39 is 0 Å². The molecule has 1 aliphatic heterocycles. The highest BCUT2D eigenvalue weighted by atomic mass is 79.9.